The summed E-state index contributed by atoms with van der Waals surface area (Å²) in [7, 11) is 2.12. The standard InChI is InChI=1S/C25H27N7O/c1-31(21-12-14-27-17-21)24-22-6-2-3-7-23(22)32(30-24)20-10-8-19(9-11-20)29-25(33)28-16-18-5-4-13-26-15-18/h2-11,13,15,21,27H,12,14,16-17H2,1H3,(H2,28,29,33). The minimum Gasteiger partial charge on any atom is -0.353 e. The van der Waals surface area contributed by atoms with Gasteiger partial charge in [-0.25, -0.2) is 9.48 Å². The Labute approximate surface area is 192 Å². The zero-order valence-electron chi connectivity index (χ0n) is 18.5. The second-order valence-electron chi connectivity index (χ2n) is 8.23. The van der Waals surface area contributed by atoms with Crippen LogP contribution in [-0.4, -0.2) is 47.0 Å². The number of carbonyl (C=O) groups is 1. The highest BCUT2D eigenvalue weighted by atomic mass is 16.2. The van der Waals surface area contributed by atoms with E-state index in [4.69, 9.17) is 5.10 Å². The molecule has 1 atom stereocenters. The van der Waals surface area contributed by atoms with Crippen LogP contribution in [0.15, 0.2) is 73.1 Å². The molecule has 3 heterocycles. The number of amides is 2. The number of anilines is 2. The van der Waals surface area contributed by atoms with E-state index in [1.807, 2.05) is 47.1 Å². The van der Waals surface area contributed by atoms with Gasteiger partial charge in [0.15, 0.2) is 5.82 Å². The molecule has 1 fully saturated rings. The van der Waals surface area contributed by atoms with E-state index in [0.717, 1.165) is 47.5 Å². The summed E-state index contributed by atoms with van der Waals surface area (Å²) in [4.78, 5) is 18.6. The lowest BCUT2D eigenvalue weighted by atomic mass is 10.2. The van der Waals surface area contributed by atoms with Crippen molar-refractivity contribution < 1.29 is 4.79 Å². The molecule has 2 aromatic carbocycles. The molecule has 1 saturated heterocycles. The van der Waals surface area contributed by atoms with Gasteiger partial charge in [0.2, 0.25) is 0 Å². The molecule has 2 amide bonds. The number of aromatic nitrogens is 3. The lowest BCUT2D eigenvalue weighted by Crippen LogP contribution is -2.33. The molecule has 0 aliphatic carbocycles. The summed E-state index contributed by atoms with van der Waals surface area (Å²) in [6.07, 6.45) is 4.56. The summed E-state index contributed by atoms with van der Waals surface area (Å²) in [5.41, 5.74) is 3.66. The number of likely N-dealkylation sites (N-methyl/N-ethyl adjacent to an activating group) is 1. The number of pyridine rings is 1. The first kappa shape index (κ1) is 21.0. The van der Waals surface area contributed by atoms with Crippen LogP contribution in [0.2, 0.25) is 0 Å². The molecular formula is C25H27N7O. The predicted molar refractivity (Wildman–Crippen MR) is 131 cm³/mol. The van der Waals surface area contributed by atoms with Crippen LogP contribution in [0, 0.1) is 0 Å². The second-order valence-corrected chi connectivity index (χ2v) is 8.23. The monoisotopic (exact) mass is 441 g/mol. The molecule has 1 unspecified atom stereocenters. The lowest BCUT2D eigenvalue weighted by Gasteiger charge is -2.23. The number of benzene rings is 2. The van der Waals surface area contributed by atoms with Crippen LogP contribution < -0.4 is 20.9 Å². The van der Waals surface area contributed by atoms with E-state index < -0.39 is 0 Å². The summed E-state index contributed by atoms with van der Waals surface area (Å²) in [5, 5.41) is 15.2. The molecule has 5 rings (SSSR count). The van der Waals surface area contributed by atoms with Crippen molar-refractivity contribution in [2.24, 2.45) is 0 Å². The minimum absolute atomic E-state index is 0.259. The molecule has 0 saturated carbocycles. The highest BCUT2D eigenvalue weighted by Gasteiger charge is 2.23. The summed E-state index contributed by atoms with van der Waals surface area (Å²) < 4.78 is 1.97. The van der Waals surface area contributed by atoms with Gasteiger partial charge < -0.3 is 20.9 Å². The van der Waals surface area contributed by atoms with E-state index in [2.05, 4.69) is 51.1 Å². The Balaban J connectivity index is 1.32. The lowest BCUT2D eigenvalue weighted by molar-refractivity contribution is 0.251. The third-order valence-corrected chi connectivity index (χ3v) is 6.03. The van der Waals surface area contributed by atoms with Gasteiger partial charge in [0.25, 0.3) is 0 Å². The molecule has 8 heteroatoms. The second kappa shape index (κ2) is 9.30. The first-order chi connectivity index (χ1) is 16.2. The van der Waals surface area contributed by atoms with Crippen molar-refractivity contribution in [1.82, 2.24) is 25.4 Å². The highest BCUT2D eigenvalue weighted by molar-refractivity contribution is 5.92. The molecule has 0 spiro atoms. The zero-order chi connectivity index (χ0) is 22.6. The van der Waals surface area contributed by atoms with Crippen molar-refractivity contribution in [2.45, 2.75) is 19.0 Å². The minimum atomic E-state index is -0.259. The van der Waals surface area contributed by atoms with Gasteiger partial charge in [-0.05, 0) is 61.0 Å². The molecule has 0 bridgehead atoms. The van der Waals surface area contributed by atoms with E-state index in [1.165, 1.54) is 0 Å². The molecule has 1 aliphatic rings. The van der Waals surface area contributed by atoms with Gasteiger partial charge in [0, 0.05) is 49.6 Å². The number of nitrogens with zero attached hydrogens (tertiary/aromatic N) is 4. The third kappa shape index (κ3) is 4.51. The van der Waals surface area contributed by atoms with Crippen molar-refractivity contribution in [1.29, 1.82) is 0 Å². The Morgan fingerprint density at radius 2 is 2.00 bits per heavy atom. The number of urea groups is 1. The molecule has 168 valence electrons. The van der Waals surface area contributed by atoms with Crippen LogP contribution in [0.25, 0.3) is 16.6 Å². The fraction of sp³-hybridized carbons (Fsp3) is 0.240. The van der Waals surface area contributed by atoms with Crippen molar-refractivity contribution in [3.05, 3.63) is 78.6 Å². The van der Waals surface area contributed by atoms with Crippen LogP contribution in [0.3, 0.4) is 0 Å². The van der Waals surface area contributed by atoms with Crippen LogP contribution in [0.5, 0.6) is 0 Å². The Hall–Kier alpha value is -3.91. The quantitative estimate of drug-likeness (QED) is 0.426. The summed E-state index contributed by atoms with van der Waals surface area (Å²) in [6.45, 7) is 2.43. The summed E-state index contributed by atoms with van der Waals surface area (Å²) in [5.74, 6) is 0.983. The zero-order valence-corrected chi connectivity index (χ0v) is 18.5. The van der Waals surface area contributed by atoms with Gasteiger partial charge in [0.05, 0.1) is 11.2 Å². The third-order valence-electron chi connectivity index (χ3n) is 6.03. The molecular weight excluding hydrogens is 414 g/mol. The Bertz CT molecular complexity index is 1230. The maximum atomic E-state index is 12.2. The van der Waals surface area contributed by atoms with Gasteiger partial charge in [-0.15, -0.1) is 5.10 Å². The SMILES string of the molecule is CN(c1nn(-c2ccc(NC(=O)NCc3cccnc3)cc2)c2ccccc12)C1CCNC1. The predicted octanol–water partition coefficient (Wildman–Crippen LogP) is 3.54. The molecule has 4 aromatic rings. The summed E-state index contributed by atoms with van der Waals surface area (Å²) in [6, 6.07) is 20.0. The fourth-order valence-electron chi connectivity index (χ4n) is 4.20. The molecule has 3 N–H and O–H groups in total. The topological polar surface area (TPSA) is 87.1 Å². The molecule has 33 heavy (non-hydrogen) atoms. The Morgan fingerprint density at radius 3 is 2.76 bits per heavy atom. The van der Waals surface area contributed by atoms with Gasteiger partial charge in [-0.2, -0.15) is 0 Å². The normalized spacial score (nSPS) is 15.5. The number of fused-ring (bicyclic) bond motifs is 1. The van der Waals surface area contributed by atoms with Gasteiger partial charge in [-0.1, -0.05) is 18.2 Å². The number of hydrogen-bond acceptors (Lipinski definition) is 5. The number of para-hydroxylation sites is 1. The number of rotatable bonds is 6. The number of nitrogens with one attached hydrogen (secondary N) is 3. The van der Waals surface area contributed by atoms with E-state index in [9.17, 15) is 4.79 Å². The molecule has 0 radical (unpaired) electrons. The van der Waals surface area contributed by atoms with Crippen LogP contribution in [-0.2, 0) is 6.54 Å². The van der Waals surface area contributed by atoms with E-state index in [1.54, 1.807) is 12.4 Å². The maximum Gasteiger partial charge on any atom is 0.319 e. The van der Waals surface area contributed by atoms with Crippen molar-refractivity contribution in [3.8, 4) is 5.69 Å². The van der Waals surface area contributed by atoms with E-state index in [0.29, 0.717) is 18.3 Å². The van der Waals surface area contributed by atoms with E-state index >= 15 is 0 Å². The average molecular weight is 442 g/mol. The molecule has 1 aliphatic heterocycles. The first-order valence-electron chi connectivity index (χ1n) is 11.1. The largest absolute Gasteiger partial charge is 0.353 e. The Kier molecular flexibility index (Phi) is 5.91. The van der Waals surface area contributed by atoms with Gasteiger partial charge >= 0.3 is 6.03 Å². The number of carbonyl (C=O) groups excluding carboxylic acids is 1. The first-order valence-corrected chi connectivity index (χ1v) is 11.1. The van der Waals surface area contributed by atoms with Crippen LogP contribution >= 0.6 is 0 Å². The Morgan fingerprint density at radius 1 is 1.15 bits per heavy atom. The van der Waals surface area contributed by atoms with Crippen LogP contribution in [0.4, 0.5) is 16.3 Å². The highest BCUT2D eigenvalue weighted by Crippen LogP contribution is 2.30. The van der Waals surface area contributed by atoms with Crippen molar-refractivity contribution in [3.63, 3.8) is 0 Å². The van der Waals surface area contributed by atoms with Gasteiger partial charge in [0.1, 0.15) is 0 Å². The average Bonchev–Trinajstić information content (AvgIpc) is 3.52. The smallest absolute Gasteiger partial charge is 0.319 e. The van der Waals surface area contributed by atoms with E-state index in [-0.39, 0.29) is 6.03 Å². The van der Waals surface area contributed by atoms with Crippen molar-refractivity contribution >= 4 is 28.4 Å². The fourth-order valence-corrected chi connectivity index (χ4v) is 4.20. The maximum absolute atomic E-state index is 12.2. The van der Waals surface area contributed by atoms with Crippen molar-refractivity contribution in [2.75, 3.05) is 30.4 Å². The number of hydrogen-bond donors (Lipinski definition) is 3. The van der Waals surface area contributed by atoms with Gasteiger partial charge in [-0.3, -0.25) is 4.98 Å². The summed E-state index contributed by atoms with van der Waals surface area (Å²) >= 11 is 0. The molecule has 8 nitrogen and oxygen atoms in total. The molecule has 2 aromatic heterocycles. The van der Waals surface area contributed by atoms with Crippen LogP contribution in [0.1, 0.15) is 12.0 Å².